The smallest absolute Gasteiger partial charge is 0.411 e. The third-order valence-electron chi connectivity index (χ3n) is 2.20. The van der Waals surface area contributed by atoms with Crippen molar-refractivity contribution in [1.82, 2.24) is 0 Å². The van der Waals surface area contributed by atoms with Crippen LogP contribution in [0.3, 0.4) is 0 Å². The monoisotopic (exact) mass is 271 g/mol. The zero-order chi connectivity index (χ0) is 13.9. The molecule has 0 saturated heterocycles. The summed E-state index contributed by atoms with van der Waals surface area (Å²) in [6.45, 7) is -2.03. The molecule has 4 nitrogen and oxygen atoms in total. The summed E-state index contributed by atoms with van der Waals surface area (Å²) in [6, 6.07) is 8.44. The predicted molar refractivity (Wildman–Crippen MR) is 58.4 cm³/mol. The van der Waals surface area contributed by atoms with Crippen LogP contribution in [0.15, 0.2) is 28.7 Å². The fraction of sp³-hybridized carbons (Fsp3) is 0.250. The van der Waals surface area contributed by atoms with Gasteiger partial charge in [0.2, 0.25) is 5.76 Å². The van der Waals surface area contributed by atoms with E-state index in [1.165, 1.54) is 0 Å². The highest BCUT2D eigenvalue weighted by atomic mass is 19.4. The number of nitriles is 1. The SMILES string of the molecule is N#Cc1oc2ccccc2c1OCOCC(F)(F)F. The van der Waals surface area contributed by atoms with Gasteiger partial charge >= 0.3 is 6.18 Å². The summed E-state index contributed by atoms with van der Waals surface area (Å²) in [4.78, 5) is 0. The molecule has 100 valence electrons. The molecule has 0 spiro atoms. The first-order valence-electron chi connectivity index (χ1n) is 5.20. The summed E-state index contributed by atoms with van der Waals surface area (Å²) in [6.07, 6.45) is -4.42. The number of ether oxygens (including phenoxy) is 2. The molecule has 0 aliphatic rings. The van der Waals surface area contributed by atoms with E-state index in [2.05, 4.69) is 4.74 Å². The van der Waals surface area contributed by atoms with Crippen LogP contribution < -0.4 is 4.74 Å². The third kappa shape index (κ3) is 3.17. The summed E-state index contributed by atoms with van der Waals surface area (Å²) in [7, 11) is 0. The molecule has 1 aromatic carbocycles. The maximum atomic E-state index is 11.9. The van der Waals surface area contributed by atoms with Gasteiger partial charge in [-0.15, -0.1) is 0 Å². The minimum atomic E-state index is -4.42. The second kappa shape index (κ2) is 5.20. The van der Waals surface area contributed by atoms with E-state index in [-0.39, 0.29) is 11.5 Å². The lowest BCUT2D eigenvalue weighted by Crippen LogP contribution is -2.19. The molecule has 7 heteroatoms. The molecular weight excluding hydrogens is 263 g/mol. The summed E-state index contributed by atoms with van der Waals surface area (Å²) in [5.74, 6) is -0.0166. The van der Waals surface area contributed by atoms with E-state index in [9.17, 15) is 13.2 Å². The number of furan rings is 1. The first-order valence-corrected chi connectivity index (χ1v) is 5.20. The van der Waals surface area contributed by atoms with Crippen molar-refractivity contribution in [2.75, 3.05) is 13.4 Å². The highest BCUT2D eigenvalue weighted by Crippen LogP contribution is 2.32. The fourth-order valence-electron chi connectivity index (χ4n) is 1.50. The molecule has 0 unspecified atom stereocenters. The fourth-order valence-corrected chi connectivity index (χ4v) is 1.50. The van der Waals surface area contributed by atoms with E-state index < -0.39 is 19.6 Å². The number of benzene rings is 1. The average Bonchev–Trinajstić information content (AvgIpc) is 2.71. The number of fused-ring (bicyclic) bond motifs is 1. The first kappa shape index (κ1) is 13.2. The molecule has 0 bridgehead atoms. The van der Waals surface area contributed by atoms with E-state index in [4.69, 9.17) is 14.4 Å². The van der Waals surface area contributed by atoms with Gasteiger partial charge in [0, 0.05) is 0 Å². The molecule has 0 atom stereocenters. The van der Waals surface area contributed by atoms with Crippen molar-refractivity contribution in [2.24, 2.45) is 0 Å². The third-order valence-corrected chi connectivity index (χ3v) is 2.20. The lowest BCUT2D eigenvalue weighted by Gasteiger charge is -2.08. The Bertz CT molecular complexity index is 613. The number of halogens is 3. The van der Waals surface area contributed by atoms with Crippen molar-refractivity contribution < 1.29 is 27.1 Å². The Hall–Kier alpha value is -2.20. The Balaban J connectivity index is 2.10. The standard InChI is InChI=1S/C12H8F3NO3/c13-12(14,15)6-17-7-18-11-8-3-1-2-4-9(8)19-10(11)5-16/h1-4H,6-7H2. The number of hydrogen-bond acceptors (Lipinski definition) is 4. The molecule has 0 saturated carbocycles. The molecule has 0 amide bonds. The summed E-state index contributed by atoms with van der Waals surface area (Å²) in [5, 5.41) is 9.37. The number of nitrogens with zero attached hydrogens (tertiary/aromatic N) is 1. The summed E-state index contributed by atoms with van der Waals surface area (Å²) >= 11 is 0. The van der Waals surface area contributed by atoms with Gasteiger partial charge in [-0.1, -0.05) is 12.1 Å². The number of alkyl halides is 3. The van der Waals surface area contributed by atoms with Gasteiger partial charge < -0.3 is 13.9 Å². The van der Waals surface area contributed by atoms with Crippen LogP contribution in [-0.2, 0) is 4.74 Å². The second-order valence-electron chi connectivity index (χ2n) is 3.59. The molecular formula is C12H8F3NO3. The molecule has 1 aromatic heterocycles. The zero-order valence-electron chi connectivity index (χ0n) is 9.53. The highest BCUT2D eigenvalue weighted by molar-refractivity contribution is 5.86. The van der Waals surface area contributed by atoms with Gasteiger partial charge in [-0.05, 0) is 12.1 Å². The predicted octanol–water partition coefficient (Wildman–Crippen LogP) is 3.22. The van der Waals surface area contributed by atoms with E-state index in [1.54, 1.807) is 30.3 Å². The molecule has 0 fully saturated rings. The zero-order valence-corrected chi connectivity index (χ0v) is 9.53. The number of hydrogen-bond donors (Lipinski definition) is 0. The van der Waals surface area contributed by atoms with Crippen molar-refractivity contribution in [3.8, 4) is 11.8 Å². The van der Waals surface area contributed by atoms with Crippen LogP contribution in [0.4, 0.5) is 13.2 Å². The minimum Gasteiger partial charge on any atom is -0.462 e. The van der Waals surface area contributed by atoms with Gasteiger partial charge in [0.1, 0.15) is 18.3 Å². The number of para-hydroxylation sites is 1. The van der Waals surface area contributed by atoms with Crippen molar-refractivity contribution in [1.29, 1.82) is 5.26 Å². The molecule has 2 aromatic rings. The minimum absolute atomic E-state index is 0.0836. The van der Waals surface area contributed by atoms with Gasteiger partial charge in [-0.25, -0.2) is 0 Å². The van der Waals surface area contributed by atoms with E-state index in [0.29, 0.717) is 11.0 Å². The summed E-state index contributed by atoms with van der Waals surface area (Å²) < 4.78 is 50.1. The van der Waals surface area contributed by atoms with Crippen molar-refractivity contribution >= 4 is 11.0 Å². The Labute approximate surface area is 105 Å². The van der Waals surface area contributed by atoms with Crippen LogP contribution >= 0.6 is 0 Å². The Kier molecular flexibility index (Phi) is 3.62. The maximum absolute atomic E-state index is 11.9. The summed E-state index contributed by atoms with van der Waals surface area (Å²) in [5.41, 5.74) is 0.421. The molecule has 2 rings (SSSR count). The quantitative estimate of drug-likeness (QED) is 0.632. The Morgan fingerprint density at radius 3 is 2.68 bits per heavy atom. The average molecular weight is 271 g/mol. The topological polar surface area (TPSA) is 55.4 Å². The van der Waals surface area contributed by atoms with Gasteiger partial charge in [0.25, 0.3) is 0 Å². The molecule has 0 N–H and O–H groups in total. The van der Waals surface area contributed by atoms with Crippen molar-refractivity contribution in [3.05, 3.63) is 30.0 Å². The van der Waals surface area contributed by atoms with E-state index in [0.717, 1.165) is 0 Å². The maximum Gasteiger partial charge on any atom is 0.411 e. The largest absolute Gasteiger partial charge is 0.462 e. The van der Waals surface area contributed by atoms with Crippen molar-refractivity contribution in [3.63, 3.8) is 0 Å². The van der Waals surface area contributed by atoms with Gasteiger partial charge in [0.05, 0.1) is 5.39 Å². The van der Waals surface area contributed by atoms with Gasteiger partial charge in [-0.3, -0.25) is 0 Å². The van der Waals surface area contributed by atoms with Gasteiger partial charge in [0.15, 0.2) is 12.5 Å². The lowest BCUT2D eigenvalue weighted by molar-refractivity contribution is -0.186. The second-order valence-corrected chi connectivity index (χ2v) is 3.59. The first-order chi connectivity index (χ1) is 9.01. The van der Waals surface area contributed by atoms with Crippen molar-refractivity contribution in [2.45, 2.75) is 6.18 Å². The van der Waals surface area contributed by atoms with Crippen LogP contribution in [0.2, 0.25) is 0 Å². The lowest BCUT2D eigenvalue weighted by atomic mass is 10.2. The van der Waals surface area contributed by atoms with Crippen LogP contribution in [0, 0.1) is 11.3 Å². The molecule has 0 aliphatic heterocycles. The van der Waals surface area contributed by atoms with Crippen LogP contribution in [0.25, 0.3) is 11.0 Å². The van der Waals surface area contributed by atoms with Crippen LogP contribution in [-0.4, -0.2) is 19.6 Å². The Morgan fingerprint density at radius 2 is 2.00 bits per heavy atom. The molecule has 19 heavy (non-hydrogen) atoms. The molecule has 0 radical (unpaired) electrons. The Morgan fingerprint density at radius 1 is 1.26 bits per heavy atom. The van der Waals surface area contributed by atoms with Gasteiger partial charge in [-0.2, -0.15) is 18.4 Å². The normalized spacial score (nSPS) is 11.5. The molecule has 1 heterocycles. The van der Waals surface area contributed by atoms with E-state index in [1.807, 2.05) is 0 Å². The van der Waals surface area contributed by atoms with Crippen LogP contribution in [0.5, 0.6) is 5.75 Å². The molecule has 0 aliphatic carbocycles. The van der Waals surface area contributed by atoms with Crippen LogP contribution in [0.1, 0.15) is 5.76 Å². The van der Waals surface area contributed by atoms with E-state index >= 15 is 0 Å². The number of rotatable bonds is 4. The highest BCUT2D eigenvalue weighted by Gasteiger charge is 2.27.